The van der Waals surface area contributed by atoms with E-state index in [1.165, 1.54) is 12.1 Å². The van der Waals surface area contributed by atoms with E-state index in [4.69, 9.17) is 13.9 Å². The fraction of sp³-hybridized carbons (Fsp3) is 0.217. The summed E-state index contributed by atoms with van der Waals surface area (Å²) >= 11 is 0. The van der Waals surface area contributed by atoms with Crippen molar-refractivity contribution in [3.8, 4) is 11.5 Å². The van der Waals surface area contributed by atoms with Gasteiger partial charge in [0.05, 0.1) is 7.11 Å². The molecule has 0 saturated carbocycles. The van der Waals surface area contributed by atoms with Gasteiger partial charge in [-0.25, -0.2) is 9.59 Å². The van der Waals surface area contributed by atoms with Crippen molar-refractivity contribution in [3.63, 3.8) is 0 Å². The van der Waals surface area contributed by atoms with Crippen LogP contribution in [0.2, 0.25) is 0 Å². The number of para-hydroxylation sites is 1. The standard InChI is InChI=1S/C14H19NO3.C9H6O2/c1-10(2)8-14(16)18-13-9-11(15(3)4)6-7-12(13)17-5;10-9-6-5-7-3-1-2-4-8(7)11-9/h6-9H,1-5H3;1-6H. The number of anilines is 1. The van der Waals surface area contributed by atoms with Crippen LogP contribution in [0.4, 0.5) is 5.69 Å². The van der Waals surface area contributed by atoms with Crippen LogP contribution in [0.3, 0.4) is 0 Å². The van der Waals surface area contributed by atoms with Crippen LogP contribution in [0.15, 0.2) is 75.5 Å². The van der Waals surface area contributed by atoms with Crippen molar-refractivity contribution >= 4 is 22.6 Å². The highest BCUT2D eigenvalue weighted by Gasteiger charge is 2.10. The molecule has 1 heterocycles. The second kappa shape index (κ2) is 10.1. The quantitative estimate of drug-likeness (QED) is 0.282. The summed E-state index contributed by atoms with van der Waals surface area (Å²) in [5.74, 6) is 0.562. The minimum atomic E-state index is -0.399. The highest BCUT2D eigenvalue weighted by Crippen LogP contribution is 2.31. The average molecular weight is 395 g/mol. The third kappa shape index (κ3) is 6.53. The van der Waals surface area contributed by atoms with Crippen LogP contribution in [0.1, 0.15) is 13.8 Å². The van der Waals surface area contributed by atoms with E-state index in [1.54, 1.807) is 31.4 Å². The summed E-state index contributed by atoms with van der Waals surface area (Å²) in [6, 6.07) is 16.0. The van der Waals surface area contributed by atoms with Gasteiger partial charge in [0.1, 0.15) is 5.58 Å². The molecule has 29 heavy (non-hydrogen) atoms. The van der Waals surface area contributed by atoms with E-state index < -0.39 is 5.97 Å². The Bertz CT molecular complexity index is 1060. The fourth-order valence-electron chi connectivity index (χ4n) is 2.41. The van der Waals surface area contributed by atoms with Gasteiger partial charge >= 0.3 is 11.6 Å². The fourth-order valence-corrected chi connectivity index (χ4v) is 2.41. The highest BCUT2D eigenvalue weighted by atomic mass is 16.6. The van der Waals surface area contributed by atoms with Crippen LogP contribution in [0.25, 0.3) is 11.0 Å². The number of fused-ring (bicyclic) bond motifs is 1. The number of benzene rings is 2. The van der Waals surface area contributed by atoms with Crippen LogP contribution in [0.5, 0.6) is 11.5 Å². The summed E-state index contributed by atoms with van der Waals surface area (Å²) in [4.78, 5) is 24.2. The molecule has 0 spiro atoms. The van der Waals surface area contributed by atoms with Gasteiger partial charge in [0, 0.05) is 43.4 Å². The molecule has 1 aromatic heterocycles. The third-order valence-electron chi connectivity index (χ3n) is 3.81. The molecule has 0 amide bonds. The number of methoxy groups -OCH3 is 1. The molecular formula is C23H25NO5. The number of esters is 1. The van der Waals surface area contributed by atoms with E-state index in [0.29, 0.717) is 17.1 Å². The van der Waals surface area contributed by atoms with Gasteiger partial charge in [0.2, 0.25) is 0 Å². The van der Waals surface area contributed by atoms with E-state index in [0.717, 1.165) is 16.6 Å². The Morgan fingerprint density at radius 1 is 1.00 bits per heavy atom. The highest BCUT2D eigenvalue weighted by molar-refractivity contribution is 5.85. The second-order valence-corrected chi connectivity index (χ2v) is 6.66. The van der Waals surface area contributed by atoms with Crippen molar-refractivity contribution in [2.24, 2.45) is 0 Å². The molecule has 0 saturated heterocycles. The molecule has 0 aliphatic carbocycles. The molecule has 0 radical (unpaired) electrons. The molecule has 0 bridgehead atoms. The SMILES string of the molecule is COc1ccc(N(C)C)cc1OC(=O)C=C(C)C.O=c1ccc2ccccc2o1. The molecule has 0 atom stereocenters. The summed E-state index contributed by atoms with van der Waals surface area (Å²) in [5.41, 5.74) is 2.17. The summed E-state index contributed by atoms with van der Waals surface area (Å²) in [6.45, 7) is 3.68. The number of nitrogens with zero attached hydrogens (tertiary/aromatic N) is 1. The normalized spacial score (nSPS) is 9.83. The number of allylic oxidation sites excluding steroid dienone is 1. The molecule has 2 aromatic carbocycles. The van der Waals surface area contributed by atoms with Gasteiger partial charge in [-0.15, -0.1) is 0 Å². The van der Waals surface area contributed by atoms with E-state index in [2.05, 4.69) is 0 Å². The van der Waals surface area contributed by atoms with Crippen molar-refractivity contribution in [1.29, 1.82) is 0 Å². The maximum Gasteiger partial charge on any atom is 0.336 e. The first kappa shape index (κ1) is 21.8. The lowest BCUT2D eigenvalue weighted by molar-refractivity contribution is -0.129. The monoisotopic (exact) mass is 395 g/mol. The van der Waals surface area contributed by atoms with Gasteiger partial charge in [-0.3, -0.25) is 0 Å². The zero-order valence-corrected chi connectivity index (χ0v) is 17.3. The Morgan fingerprint density at radius 2 is 1.72 bits per heavy atom. The number of ether oxygens (including phenoxy) is 2. The largest absolute Gasteiger partial charge is 0.493 e. The van der Waals surface area contributed by atoms with Gasteiger partial charge in [-0.1, -0.05) is 23.8 Å². The maximum atomic E-state index is 11.6. The molecule has 3 aromatic rings. The van der Waals surface area contributed by atoms with Gasteiger partial charge < -0.3 is 18.8 Å². The summed E-state index contributed by atoms with van der Waals surface area (Å²) < 4.78 is 15.3. The second-order valence-electron chi connectivity index (χ2n) is 6.66. The number of hydrogen-bond donors (Lipinski definition) is 0. The van der Waals surface area contributed by atoms with Gasteiger partial charge in [-0.2, -0.15) is 0 Å². The molecule has 0 N–H and O–H groups in total. The summed E-state index contributed by atoms with van der Waals surface area (Å²) in [6.07, 6.45) is 1.45. The zero-order chi connectivity index (χ0) is 21.4. The van der Waals surface area contributed by atoms with E-state index >= 15 is 0 Å². The van der Waals surface area contributed by atoms with Crippen LogP contribution < -0.4 is 20.0 Å². The van der Waals surface area contributed by atoms with Crippen LogP contribution in [-0.4, -0.2) is 27.2 Å². The predicted molar refractivity (Wildman–Crippen MR) is 115 cm³/mol. The minimum Gasteiger partial charge on any atom is -0.493 e. The summed E-state index contributed by atoms with van der Waals surface area (Å²) in [7, 11) is 5.38. The molecular weight excluding hydrogens is 370 g/mol. The Balaban J connectivity index is 0.000000230. The molecule has 0 aliphatic rings. The molecule has 0 unspecified atom stereocenters. The van der Waals surface area contributed by atoms with E-state index in [1.807, 2.05) is 57.1 Å². The molecule has 152 valence electrons. The lowest BCUT2D eigenvalue weighted by Crippen LogP contribution is -2.10. The number of rotatable bonds is 4. The Kier molecular flexibility index (Phi) is 7.60. The first-order chi connectivity index (χ1) is 13.8. The topological polar surface area (TPSA) is 69.0 Å². The average Bonchev–Trinajstić information content (AvgIpc) is 2.67. The molecule has 6 nitrogen and oxygen atoms in total. The lowest BCUT2D eigenvalue weighted by atomic mass is 10.2. The van der Waals surface area contributed by atoms with Crippen molar-refractivity contribution < 1.29 is 18.7 Å². The third-order valence-corrected chi connectivity index (χ3v) is 3.81. The summed E-state index contributed by atoms with van der Waals surface area (Å²) in [5, 5.41) is 0.951. The molecule has 3 rings (SSSR count). The zero-order valence-electron chi connectivity index (χ0n) is 17.3. The van der Waals surface area contributed by atoms with Crippen LogP contribution in [0, 0.1) is 0 Å². The Morgan fingerprint density at radius 3 is 2.38 bits per heavy atom. The maximum absolute atomic E-state index is 11.6. The van der Waals surface area contributed by atoms with Crippen LogP contribution in [-0.2, 0) is 4.79 Å². The molecule has 0 aliphatic heterocycles. The minimum absolute atomic E-state index is 0.302. The Labute approximate surface area is 170 Å². The smallest absolute Gasteiger partial charge is 0.336 e. The Hall–Kier alpha value is -3.54. The number of hydrogen-bond acceptors (Lipinski definition) is 6. The first-order valence-electron chi connectivity index (χ1n) is 9.01. The van der Waals surface area contributed by atoms with Crippen LogP contribution >= 0.6 is 0 Å². The van der Waals surface area contributed by atoms with E-state index in [9.17, 15) is 9.59 Å². The lowest BCUT2D eigenvalue weighted by Gasteiger charge is -2.15. The van der Waals surface area contributed by atoms with Crippen molar-refractivity contribution in [2.75, 3.05) is 26.1 Å². The number of carbonyl (C=O) groups excluding carboxylic acids is 1. The van der Waals surface area contributed by atoms with Gasteiger partial charge in [0.25, 0.3) is 0 Å². The van der Waals surface area contributed by atoms with Gasteiger partial charge in [0.15, 0.2) is 11.5 Å². The van der Waals surface area contributed by atoms with Gasteiger partial charge in [-0.05, 0) is 38.1 Å². The first-order valence-corrected chi connectivity index (χ1v) is 9.01. The number of carbonyl (C=O) groups is 1. The van der Waals surface area contributed by atoms with E-state index in [-0.39, 0.29) is 5.63 Å². The van der Waals surface area contributed by atoms with Crippen molar-refractivity contribution in [2.45, 2.75) is 13.8 Å². The van der Waals surface area contributed by atoms with Crippen molar-refractivity contribution in [1.82, 2.24) is 0 Å². The predicted octanol–water partition coefficient (Wildman–Crippen LogP) is 4.43. The molecule has 6 heteroatoms. The molecule has 0 fully saturated rings. The van der Waals surface area contributed by atoms with Crippen molar-refractivity contribution in [3.05, 3.63) is 76.7 Å².